The van der Waals surface area contributed by atoms with E-state index in [9.17, 15) is 20.1 Å². The van der Waals surface area contributed by atoms with Crippen LogP contribution in [0.2, 0.25) is 0 Å². The second-order valence-corrected chi connectivity index (χ2v) is 3.82. The summed E-state index contributed by atoms with van der Waals surface area (Å²) in [5, 5.41) is 37.1. The standard InChI is InChI=1S/C9H16O5/c1-2-4-3-5(9(13)14)7(11)8(12)6(4)10/h4-8,10-12H,2-3H2,1H3,(H,13,14)/t4-,5?,6?,7-,8-/m1/s1. The fourth-order valence-corrected chi connectivity index (χ4v) is 1.98. The Morgan fingerprint density at radius 1 is 1.21 bits per heavy atom. The molecule has 5 atom stereocenters. The Morgan fingerprint density at radius 3 is 2.21 bits per heavy atom. The Bertz CT molecular complexity index is 215. The largest absolute Gasteiger partial charge is 0.481 e. The lowest BCUT2D eigenvalue weighted by atomic mass is 9.75. The van der Waals surface area contributed by atoms with Crippen LogP contribution in [0, 0.1) is 11.8 Å². The van der Waals surface area contributed by atoms with Gasteiger partial charge in [0, 0.05) is 0 Å². The summed E-state index contributed by atoms with van der Waals surface area (Å²) in [6.07, 6.45) is -2.94. The molecule has 0 aliphatic heterocycles. The van der Waals surface area contributed by atoms with E-state index in [4.69, 9.17) is 5.11 Å². The van der Waals surface area contributed by atoms with Crippen molar-refractivity contribution in [1.82, 2.24) is 0 Å². The van der Waals surface area contributed by atoms with Gasteiger partial charge in [0.15, 0.2) is 0 Å². The minimum absolute atomic E-state index is 0.214. The van der Waals surface area contributed by atoms with Crippen LogP contribution in [0.25, 0.3) is 0 Å². The SMILES string of the molecule is CC[C@@H]1CC(C(=O)O)[C@@H](O)[C@H](O)C1O. The Kier molecular flexibility index (Phi) is 3.47. The summed E-state index contributed by atoms with van der Waals surface area (Å²) in [4.78, 5) is 10.7. The van der Waals surface area contributed by atoms with Gasteiger partial charge in [-0.2, -0.15) is 0 Å². The third-order valence-electron chi connectivity index (χ3n) is 2.99. The third kappa shape index (κ3) is 1.89. The fourth-order valence-electron chi connectivity index (χ4n) is 1.98. The molecular weight excluding hydrogens is 188 g/mol. The van der Waals surface area contributed by atoms with E-state index in [1.165, 1.54) is 0 Å². The summed E-state index contributed by atoms with van der Waals surface area (Å²) in [6, 6.07) is 0. The first-order chi connectivity index (χ1) is 6.49. The zero-order valence-electron chi connectivity index (χ0n) is 8.00. The molecule has 0 bridgehead atoms. The van der Waals surface area contributed by atoms with Crippen molar-refractivity contribution in [2.75, 3.05) is 0 Å². The van der Waals surface area contributed by atoms with Gasteiger partial charge in [-0.15, -0.1) is 0 Å². The summed E-state index contributed by atoms with van der Waals surface area (Å²) in [5.74, 6) is -2.35. The van der Waals surface area contributed by atoms with Crippen LogP contribution >= 0.6 is 0 Å². The van der Waals surface area contributed by atoms with E-state index in [0.29, 0.717) is 6.42 Å². The Hall–Kier alpha value is -0.650. The highest BCUT2D eigenvalue weighted by atomic mass is 16.4. The first kappa shape index (κ1) is 11.4. The van der Waals surface area contributed by atoms with Crippen LogP contribution in [0.4, 0.5) is 0 Å². The molecule has 0 aromatic heterocycles. The number of carboxylic acids is 1. The van der Waals surface area contributed by atoms with Crippen LogP contribution in [0.15, 0.2) is 0 Å². The number of hydrogen-bond acceptors (Lipinski definition) is 4. The van der Waals surface area contributed by atoms with Crippen molar-refractivity contribution in [3.05, 3.63) is 0 Å². The molecule has 82 valence electrons. The molecule has 0 amide bonds. The van der Waals surface area contributed by atoms with E-state index >= 15 is 0 Å². The topological polar surface area (TPSA) is 98.0 Å². The van der Waals surface area contributed by atoms with Gasteiger partial charge in [0.25, 0.3) is 0 Å². The van der Waals surface area contributed by atoms with Crippen molar-refractivity contribution in [3.8, 4) is 0 Å². The second kappa shape index (κ2) is 4.25. The van der Waals surface area contributed by atoms with Gasteiger partial charge in [0.05, 0.1) is 18.1 Å². The van der Waals surface area contributed by atoms with Gasteiger partial charge in [-0.3, -0.25) is 4.79 Å². The maximum atomic E-state index is 10.7. The zero-order chi connectivity index (χ0) is 10.9. The molecule has 14 heavy (non-hydrogen) atoms. The molecule has 5 heteroatoms. The molecule has 0 spiro atoms. The van der Waals surface area contributed by atoms with Crippen molar-refractivity contribution in [1.29, 1.82) is 0 Å². The van der Waals surface area contributed by atoms with Gasteiger partial charge in [0.1, 0.15) is 6.10 Å². The van der Waals surface area contributed by atoms with Gasteiger partial charge in [-0.25, -0.2) is 0 Å². The first-order valence-corrected chi connectivity index (χ1v) is 4.76. The van der Waals surface area contributed by atoms with Crippen LogP contribution < -0.4 is 0 Å². The fraction of sp³-hybridized carbons (Fsp3) is 0.889. The highest BCUT2D eigenvalue weighted by Crippen LogP contribution is 2.32. The van der Waals surface area contributed by atoms with E-state index in [1.807, 2.05) is 6.92 Å². The second-order valence-electron chi connectivity index (χ2n) is 3.82. The molecule has 1 rings (SSSR count). The number of carboxylic acid groups (broad SMARTS) is 1. The van der Waals surface area contributed by atoms with E-state index < -0.39 is 30.2 Å². The average molecular weight is 204 g/mol. The lowest BCUT2D eigenvalue weighted by Crippen LogP contribution is -2.52. The molecule has 1 fully saturated rings. The summed E-state index contributed by atoms with van der Waals surface area (Å²) in [7, 11) is 0. The Labute approximate surface area is 82.0 Å². The first-order valence-electron chi connectivity index (χ1n) is 4.76. The maximum absolute atomic E-state index is 10.7. The molecule has 0 aromatic carbocycles. The maximum Gasteiger partial charge on any atom is 0.309 e. The lowest BCUT2D eigenvalue weighted by Gasteiger charge is -2.38. The van der Waals surface area contributed by atoms with Crippen LogP contribution in [0.3, 0.4) is 0 Å². The molecule has 2 unspecified atom stereocenters. The highest BCUT2D eigenvalue weighted by molar-refractivity contribution is 5.71. The van der Waals surface area contributed by atoms with E-state index in [1.54, 1.807) is 0 Å². The van der Waals surface area contributed by atoms with Gasteiger partial charge in [-0.05, 0) is 12.3 Å². The normalized spacial score (nSPS) is 43.6. The number of aliphatic carboxylic acids is 1. The molecule has 4 N–H and O–H groups in total. The van der Waals surface area contributed by atoms with Gasteiger partial charge >= 0.3 is 5.97 Å². The smallest absolute Gasteiger partial charge is 0.309 e. The summed E-state index contributed by atoms with van der Waals surface area (Å²) >= 11 is 0. The minimum atomic E-state index is -1.37. The highest BCUT2D eigenvalue weighted by Gasteiger charge is 2.44. The number of aliphatic hydroxyl groups is 3. The van der Waals surface area contributed by atoms with Crippen molar-refractivity contribution in [2.45, 2.75) is 38.1 Å². The van der Waals surface area contributed by atoms with Crippen LogP contribution in [0.5, 0.6) is 0 Å². The average Bonchev–Trinajstić information content (AvgIpc) is 2.14. The van der Waals surface area contributed by atoms with E-state index in [-0.39, 0.29) is 12.3 Å². The van der Waals surface area contributed by atoms with E-state index in [0.717, 1.165) is 0 Å². The third-order valence-corrected chi connectivity index (χ3v) is 2.99. The Morgan fingerprint density at radius 2 is 1.79 bits per heavy atom. The van der Waals surface area contributed by atoms with Crippen molar-refractivity contribution < 1.29 is 25.2 Å². The van der Waals surface area contributed by atoms with Crippen molar-refractivity contribution >= 4 is 5.97 Å². The number of hydrogen-bond donors (Lipinski definition) is 4. The minimum Gasteiger partial charge on any atom is -0.481 e. The molecule has 0 radical (unpaired) electrons. The number of aliphatic hydroxyl groups excluding tert-OH is 3. The summed E-state index contributed by atoms with van der Waals surface area (Å²) in [6.45, 7) is 1.82. The molecule has 1 saturated carbocycles. The molecule has 0 saturated heterocycles. The summed E-state index contributed by atoms with van der Waals surface area (Å²) in [5.41, 5.74) is 0. The molecule has 0 heterocycles. The quantitative estimate of drug-likeness (QED) is 0.472. The van der Waals surface area contributed by atoms with Crippen LogP contribution in [-0.4, -0.2) is 44.7 Å². The van der Waals surface area contributed by atoms with E-state index in [2.05, 4.69) is 0 Å². The van der Waals surface area contributed by atoms with Gasteiger partial charge in [-0.1, -0.05) is 13.3 Å². The van der Waals surface area contributed by atoms with Crippen molar-refractivity contribution in [2.24, 2.45) is 11.8 Å². The molecule has 1 aliphatic rings. The Balaban J connectivity index is 2.78. The monoisotopic (exact) mass is 204 g/mol. The predicted octanol–water partition coefficient (Wildman–Crippen LogP) is -0.800. The summed E-state index contributed by atoms with van der Waals surface area (Å²) < 4.78 is 0. The van der Waals surface area contributed by atoms with Gasteiger partial charge in [0.2, 0.25) is 0 Å². The van der Waals surface area contributed by atoms with Crippen LogP contribution in [0.1, 0.15) is 19.8 Å². The zero-order valence-corrected chi connectivity index (χ0v) is 8.00. The lowest BCUT2D eigenvalue weighted by molar-refractivity contribution is -0.168. The van der Waals surface area contributed by atoms with Gasteiger partial charge < -0.3 is 20.4 Å². The predicted molar refractivity (Wildman–Crippen MR) is 47.5 cm³/mol. The number of rotatable bonds is 2. The number of carbonyl (C=O) groups is 1. The molecule has 0 aromatic rings. The van der Waals surface area contributed by atoms with Crippen LogP contribution in [-0.2, 0) is 4.79 Å². The van der Waals surface area contributed by atoms with Crippen molar-refractivity contribution in [3.63, 3.8) is 0 Å². The molecular formula is C9H16O5. The molecule has 1 aliphatic carbocycles. The molecule has 5 nitrogen and oxygen atoms in total.